The molecule has 4 rings (SSSR count). The third kappa shape index (κ3) is 4.07. The van der Waals surface area contributed by atoms with Crippen molar-refractivity contribution >= 4 is 33.0 Å². The van der Waals surface area contributed by atoms with Crippen molar-refractivity contribution < 1.29 is 17.6 Å². The minimum Gasteiger partial charge on any atom is -0.370 e. The molecule has 0 unspecified atom stereocenters. The summed E-state index contributed by atoms with van der Waals surface area (Å²) >= 11 is 0. The lowest BCUT2D eigenvalue weighted by Gasteiger charge is -2.30. The number of amides is 1. The van der Waals surface area contributed by atoms with E-state index in [0.29, 0.717) is 29.9 Å². The van der Waals surface area contributed by atoms with E-state index in [0.717, 1.165) is 37.2 Å². The van der Waals surface area contributed by atoms with Crippen LogP contribution in [0.25, 0.3) is 0 Å². The van der Waals surface area contributed by atoms with Crippen LogP contribution in [0.4, 0.5) is 21.5 Å². The quantitative estimate of drug-likeness (QED) is 0.828. The molecule has 0 saturated carbocycles. The van der Waals surface area contributed by atoms with Crippen LogP contribution < -0.4 is 14.5 Å². The molecule has 2 aliphatic heterocycles. The Hall–Kier alpha value is -2.61. The molecule has 0 bridgehead atoms. The van der Waals surface area contributed by atoms with Crippen LogP contribution in [-0.2, 0) is 16.4 Å². The summed E-state index contributed by atoms with van der Waals surface area (Å²) in [6, 6.07) is 9.46. The number of benzene rings is 2. The summed E-state index contributed by atoms with van der Waals surface area (Å²) in [6.45, 7) is 2.14. The van der Waals surface area contributed by atoms with Crippen LogP contribution in [0.15, 0.2) is 36.4 Å². The van der Waals surface area contributed by atoms with Crippen LogP contribution in [0.2, 0.25) is 0 Å². The third-order valence-electron chi connectivity index (χ3n) is 5.50. The van der Waals surface area contributed by atoms with Gasteiger partial charge in [-0.2, -0.15) is 0 Å². The largest absolute Gasteiger partial charge is 0.370 e. The molecule has 0 spiro atoms. The minimum absolute atomic E-state index is 0.338. The number of nitrogens with zero attached hydrogens (tertiary/aromatic N) is 2. The summed E-state index contributed by atoms with van der Waals surface area (Å²) in [5, 5.41) is 2.85. The Bertz CT molecular complexity index is 1050. The van der Waals surface area contributed by atoms with Gasteiger partial charge in [-0.1, -0.05) is 0 Å². The van der Waals surface area contributed by atoms with Gasteiger partial charge in [-0.05, 0) is 67.6 Å². The van der Waals surface area contributed by atoms with Gasteiger partial charge in [-0.15, -0.1) is 0 Å². The van der Waals surface area contributed by atoms with Crippen LogP contribution in [0, 0.1) is 5.82 Å². The van der Waals surface area contributed by atoms with Gasteiger partial charge in [0.25, 0.3) is 5.91 Å². The highest BCUT2D eigenvalue weighted by Gasteiger charge is 2.27. The average Bonchev–Trinajstić information content (AvgIpc) is 3.12. The van der Waals surface area contributed by atoms with Crippen molar-refractivity contribution in [2.75, 3.05) is 40.4 Å². The molecule has 2 heterocycles. The van der Waals surface area contributed by atoms with E-state index in [1.807, 2.05) is 0 Å². The number of rotatable bonds is 4. The fourth-order valence-electron chi connectivity index (χ4n) is 4.07. The first-order valence-corrected chi connectivity index (χ1v) is 11.6. The van der Waals surface area contributed by atoms with Gasteiger partial charge in [0, 0.05) is 25.2 Å². The number of sulfonamides is 1. The molecule has 6 nitrogen and oxygen atoms in total. The van der Waals surface area contributed by atoms with Crippen LogP contribution in [-0.4, -0.2) is 40.2 Å². The Morgan fingerprint density at radius 3 is 2.45 bits per heavy atom. The fourth-order valence-corrected chi connectivity index (χ4v) is 5.03. The number of hydrogen-bond acceptors (Lipinski definition) is 4. The zero-order valence-corrected chi connectivity index (χ0v) is 17.1. The second-order valence-corrected chi connectivity index (χ2v) is 9.50. The summed E-state index contributed by atoms with van der Waals surface area (Å²) in [6.07, 6.45) is 5.06. The van der Waals surface area contributed by atoms with Crippen molar-refractivity contribution in [1.82, 2.24) is 0 Å². The number of carbonyl (C=O) groups is 1. The molecular weight excluding hydrogens is 393 g/mol. The normalized spacial score (nSPS) is 16.6. The molecule has 0 atom stereocenters. The van der Waals surface area contributed by atoms with Crippen molar-refractivity contribution in [1.29, 1.82) is 0 Å². The van der Waals surface area contributed by atoms with Crippen molar-refractivity contribution in [2.45, 2.75) is 25.7 Å². The summed E-state index contributed by atoms with van der Waals surface area (Å²) in [4.78, 5) is 15.0. The molecule has 1 fully saturated rings. The number of piperidine rings is 1. The van der Waals surface area contributed by atoms with Gasteiger partial charge >= 0.3 is 0 Å². The molecule has 29 heavy (non-hydrogen) atoms. The topological polar surface area (TPSA) is 69.7 Å². The predicted octanol–water partition coefficient (Wildman–Crippen LogP) is 3.39. The smallest absolute Gasteiger partial charge is 0.255 e. The number of carbonyl (C=O) groups excluding carboxylic acids is 1. The number of halogens is 1. The van der Waals surface area contributed by atoms with Gasteiger partial charge in [0.1, 0.15) is 5.82 Å². The highest BCUT2D eigenvalue weighted by molar-refractivity contribution is 7.92. The van der Waals surface area contributed by atoms with Crippen LogP contribution >= 0.6 is 0 Å². The molecule has 8 heteroatoms. The second kappa shape index (κ2) is 7.67. The van der Waals surface area contributed by atoms with Crippen molar-refractivity contribution in [2.24, 2.45) is 0 Å². The molecule has 0 aliphatic carbocycles. The van der Waals surface area contributed by atoms with E-state index < -0.39 is 15.8 Å². The number of nitrogens with one attached hydrogen (secondary N) is 1. The lowest BCUT2D eigenvalue weighted by atomic mass is 10.1. The maximum atomic E-state index is 13.9. The molecular formula is C21H24FN3O3S. The van der Waals surface area contributed by atoms with Gasteiger partial charge in [0.2, 0.25) is 10.0 Å². The van der Waals surface area contributed by atoms with E-state index in [1.54, 1.807) is 24.3 Å². The van der Waals surface area contributed by atoms with Crippen molar-refractivity contribution in [3.8, 4) is 0 Å². The fraction of sp³-hybridized carbons (Fsp3) is 0.381. The van der Waals surface area contributed by atoms with Crippen LogP contribution in [0.5, 0.6) is 0 Å². The molecule has 2 aromatic carbocycles. The maximum absolute atomic E-state index is 13.9. The first kappa shape index (κ1) is 19.7. The first-order chi connectivity index (χ1) is 13.8. The minimum atomic E-state index is -3.33. The molecule has 1 saturated heterocycles. The third-order valence-corrected chi connectivity index (χ3v) is 6.68. The molecule has 0 radical (unpaired) electrons. The number of fused-ring (bicyclic) bond motifs is 1. The SMILES string of the molecule is CS(=O)(=O)N1CCc2cc(C(=O)Nc3cc(F)ccc3N3CCCCC3)ccc21. The Morgan fingerprint density at radius 1 is 1.00 bits per heavy atom. The van der Waals surface area contributed by atoms with Crippen LogP contribution in [0.1, 0.15) is 35.2 Å². The number of anilines is 3. The van der Waals surface area contributed by atoms with Gasteiger partial charge in [-0.3, -0.25) is 9.10 Å². The average molecular weight is 418 g/mol. The highest BCUT2D eigenvalue weighted by atomic mass is 32.2. The predicted molar refractivity (Wildman–Crippen MR) is 113 cm³/mol. The summed E-state index contributed by atoms with van der Waals surface area (Å²) < 4.78 is 39.0. The van der Waals surface area contributed by atoms with Gasteiger partial charge in [-0.25, -0.2) is 12.8 Å². The summed E-state index contributed by atoms with van der Waals surface area (Å²) in [5.74, 6) is -0.742. The van der Waals surface area contributed by atoms with E-state index in [-0.39, 0.29) is 5.91 Å². The van der Waals surface area contributed by atoms with E-state index in [4.69, 9.17) is 0 Å². The first-order valence-electron chi connectivity index (χ1n) is 9.79. The highest BCUT2D eigenvalue weighted by Crippen LogP contribution is 2.32. The summed E-state index contributed by atoms with van der Waals surface area (Å²) in [7, 11) is -3.33. The van der Waals surface area contributed by atoms with Gasteiger partial charge in [0.05, 0.1) is 23.3 Å². The Kier molecular flexibility index (Phi) is 5.21. The Morgan fingerprint density at radius 2 is 1.72 bits per heavy atom. The van der Waals surface area contributed by atoms with Crippen molar-refractivity contribution in [3.05, 3.63) is 53.3 Å². The van der Waals surface area contributed by atoms with E-state index >= 15 is 0 Å². The van der Waals surface area contributed by atoms with Crippen molar-refractivity contribution in [3.63, 3.8) is 0 Å². The lowest BCUT2D eigenvalue weighted by Crippen LogP contribution is -2.30. The van der Waals surface area contributed by atoms with Gasteiger partial charge in [0.15, 0.2) is 0 Å². The zero-order chi connectivity index (χ0) is 20.6. The van der Waals surface area contributed by atoms with E-state index in [9.17, 15) is 17.6 Å². The molecule has 2 aromatic rings. The molecule has 1 amide bonds. The van der Waals surface area contributed by atoms with Gasteiger partial charge < -0.3 is 10.2 Å². The standard InChI is InChI=1S/C21H24FN3O3S/c1-29(27,28)25-12-9-15-13-16(5-7-19(15)25)21(26)23-18-14-17(22)6-8-20(18)24-10-3-2-4-11-24/h5-8,13-14H,2-4,9-12H2,1H3,(H,23,26). The Balaban J connectivity index is 1.58. The molecule has 154 valence electrons. The second-order valence-electron chi connectivity index (χ2n) is 7.59. The lowest BCUT2D eigenvalue weighted by molar-refractivity contribution is 0.102. The van der Waals surface area contributed by atoms with E-state index in [1.165, 1.54) is 29.1 Å². The molecule has 0 aromatic heterocycles. The zero-order valence-electron chi connectivity index (χ0n) is 16.3. The van der Waals surface area contributed by atoms with E-state index in [2.05, 4.69) is 10.2 Å². The van der Waals surface area contributed by atoms with Crippen LogP contribution in [0.3, 0.4) is 0 Å². The number of hydrogen-bond donors (Lipinski definition) is 1. The molecule has 1 N–H and O–H groups in total. The molecule has 2 aliphatic rings. The Labute approximate surface area is 170 Å². The maximum Gasteiger partial charge on any atom is 0.255 e. The summed E-state index contributed by atoms with van der Waals surface area (Å²) in [5.41, 5.74) is 3.13. The monoisotopic (exact) mass is 417 g/mol.